The Hall–Kier alpha value is -5.94. The molecule has 0 saturated carbocycles. The minimum atomic E-state index is -0.0108. The van der Waals surface area contributed by atoms with Crippen LogP contribution in [-0.4, -0.2) is 101 Å². The number of nitrogens with zero attached hydrogens (tertiary/aromatic N) is 3. The highest BCUT2D eigenvalue weighted by Gasteiger charge is 2.27. The molecule has 0 aliphatic rings. The molecule has 0 unspecified atom stereocenters. The quantitative estimate of drug-likeness (QED) is 0.196. The van der Waals surface area contributed by atoms with Gasteiger partial charge in [-0.2, -0.15) is 0 Å². The molecule has 2 aromatic heterocycles. The Morgan fingerprint density at radius 1 is 0.267 bits per heavy atom. The molecular weight excluding hydrogens is 717 g/mol. The molecular formula is C45H18B11N3O. The summed E-state index contributed by atoms with van der Waals surface area (Å²) < 4.78 is 6.74. The largest absolute Gasteiger partial charge is 0.455 e. The first kappa shape index (κ1) is 39.5. The molecule has 0 amide bonds. The third kappa shape index (κ3) is 6.36. The zero-order valence-electron chi connectivity index (χ0n) is 32.0. The third-order valence-electron chi connectivity index (χ3n) is 10.9. The fourth-order valence-electron chi connectivity index (χ4n) is 7.59. The predicted molar refractivity (Wildman–Crippen MR) is 259 cm³/mol. The highest BCUT2D eigenvalue weighted by Crippen LogP contribution is 2.36. The van der Waals surface area contributed by atoms with Crippen molar-refractivity contribution in [2.75, 3.05) is 0 Å². The number of hydrogen-bond acceptors (Lipinski definition) is 4. The second-order valence-electron chi connectivity index (χ2n) is 14.4. The normalized spacial score (nSPS) is 11.4. The highest BCUT2D eigenvalue weighted by atomic mass is 16.3. The van der Waals surface area contributed by atoms with Crippen LogP contribution in [0.5, 0.6) is 0 Å². The summed E-state index contributed by atoms with van der Waals surface area (Å²) in [7, 11) is 72.2. The molecule has 4 nitrogen and oxygen atoms in total. The molecule has 0 aliphatic carbocycles. The van der Waals surface area contributed by atoms with E-state index in [-0.39, 0.29) is 105 Å². The van der Waals surface area contributed by atoms with Crippen LogP contribution in [0.3, 0.4) is 0 Å². The average molecular weight is 736 g/mol. The van der Waals surface area contributed by atoms with Crippen LogP contribution in [0.15, 0.2) is 114 Å². The zero-order chi connectivity index (χ0) is 42.1. The van der Waals surface area contributed by atoms with Gasteiger partial charge >= 0.3 is 0 Å². The van der Waals surface area contributed by atoms with Crippen molar-refractivity contribution < 1.29 is 4.42 Å². The van der Waals surface area contributed by atoms with Crippen LogP contribution >= 0.6 is 0 Å². The maximum atomic E-state index is 6.87. The fourth-order valence-corrected chi connectivity index (χ4v) is 7.59. The standard InChI is InChI=1S/C45H18B11N3O/c46-30-25(31(47)39(55)40(56)38(30)54)26-32(48)36(52)33(49)27-28-34(50)37(53)35(51)29(42(28)60-41(26)27)45-58-43(23-15-11-21(12-16-23)19-7-3-1-4-8-19)57-44(59-45)24-17-13-22(14-18-24)20-9-5-2-6-10-20/h1-18H. The first-order chi connectivity index (χ1) is 28.8. The molecule has 60 heavy (non-hydrogen) atoms. The Balaban J connectivity index is 1.33. The van der Waals surface area contributed by atoms with Crippen molar-refractivity contribution in [2.45, 2.75) is 0 Å². The smallest absolute Gasteiger partial charge is 0.167 e. The molecule has 252 valence electrons. The lowest BCUT2D eigenvalue weighted by Crippen LogP contribution is -2.56. The predicted octanol–water partition coefficient (Wildman–Crippen LogP) is -1.50. The number of fused-ring (bicyclic) bond motifs is 3. The summed E-state index contributed by atoms with van der Waals surface area (Å²) in [6.07, 6.45) is 0. The zero-order valence-corrected chi connectivity index (χ0v) is 32.0. The summed E-state index contributed by atoms with van der Waals surface area (Å²) in [4.78, 5) is 15.0. The summed E-state index contributed by atoms with van der Waals surface area (Å²) >= 11 is 0. The number of hydrogen-bond donors (Lipinski definition) is 0. The Morgan fingerprint density at radius 2 is 0.567 bits per heavy atom. The number of aromatic nitrogens is 3. The van der Waals surface area contributed by atoms with Crippen molar-refractivity contribution in [1.29, 1.82) is 0 Å². The summed E-state index contributed by atoms with van der Waals surface area (Å²) in [6, 6.07) is 35.8. The molecule has 0 spiro atoms. The molecule has 22 radical (unpaired) electrons. The van der Waals surface area contributed by atoms with E-state index in [4.69, 9.17) is 106 Å². The van der Waals surface area contributed by atoms with Crippen LogP contribution in [0.25, 0.3) is 89.5 Å². The van der Waals surface area contributed by atoms with Gasteiger partial charge in [-0.1, -0.05) is 142 Å². The molecule has 0 N–H and O–H groups in total. The lowest BCUT2D eigenvalue weighted by molar-refractivity contribution is 0.671. The van der Waals surface area contributed by atoms with E-state index in [0.29, 0.717) is 22.8 Å². The van der Waals surface area contributed by atoms with Gasteiger partial charge in [0.15, 0.2) is 17.5 Å². The van der Waals surface area contributed by atoms with Crippen LogP contribution in [-0.2, 0) is 0 Å². The van der Waals surface area contributed by atoms with Gasteiger partial charge in [-0.3, -0.25) is 0 Å². The molecule has 9 aromatic rings. The number of rotatable bonds is 6. The van der Waals surface area contributed by atoms with E-state index < -0.39 is 0 Å². The summed E-state index contributed by atoms with van der Waals surface area (Å²) in [6.45, 7) is 0. The molecule has 15 heteroatoms. The van der Waals surface area contributed by atoms with Gasteiger partial charge in [0.25, 0.3) is 0 Å². The van der Waals surface area contributed by atoms with E-state index in [1.165, 1.54) is 0 Å². The fraction of sp³-hybridized carbons (Fsp3) is 0. The minimum Gasteiger partial charge on any atom is -0.455 e. The molecule has 2 heterocycles. The minimum absolute atomic E-state index is 0.00707. The Bertz CT molecular complexity index is 3060. The van der Waals surface area contributed by atoms with Crippen LogP contribution in [0.4, 0.5) is 0 Å². The first-order valence-electron chi connectivity index (χ1n) is 18.6. The van der Waals surface area contributed by atoms with Crippen LogP contribution in [0.1, 0.15) is 0 Å². The van der Waals surface area contributed by atoms with Gasteiger partial charge in [0.1, 0.15) is 97.5 Å². The maximum Gasteiger partial charge on any atom is 0.167 e. The van der Waals surface area contributed by atoms with Gasteiger partial charge < -0.3 is 4.42 Å². The van der Waals surface area contributed by atoms with Crippen molar-refractivity contribution in [3.8, 4) is 67.5 Å². The topological polar surface area (TPSA) is 51.8 Å². The Kier molecular flexibility index (Phi) is 10.1. The number of furan rings is 1. The molecule has 9 rings (SSSR count). The van der Waals surface area contributed by atoms with Gasteiger partial charge in [-0.05, 0) is 27.8 Å². The average Bonchev–Trinajstić information content (AvgIpc) is 3.68. The van der Waals surface area contributed by atoms with E-state index in [1.807, 2.05) is 109 Å². The van der Waals surface area contributed by atoms with Crippen molar-refractivity contribution in [3.05, 3.63) is 109 Å². The molecule has 0 bridgehead atoms. The molecule has 0 atom stereocenters. The van der Waals surface area contributed by atoms with Crippen LogP contribution < -0.4 is 60.1 Å². The second kappa shape index (κ2) is 15.3. The Labute approximate surface area is 362 Å². The number of benzene rings is 7. The van der Waals surface area contributed by atoms with Crippen molar-refractivity contribution in [3.63, 3.8) is 0 Å². The highest BCUT2D eigenvalue weighted by molar-refractivity contribution is 6.71. The molecule has 0 fully saturated rings. The van der Waals surface area contributed by atoms with Gasteiger partial charge in [0.05, 0.1) is 5.56 Å². The molecule has 0 aliphatic heterocycles. The summed E-state index contributed by atoms with van der Waals surface area (Å²) in [5.41, 5.74) is 6.42. The molecule has 0 saturated heterocycles. The van der Waals surface area contributed by atoms with Crippen molar-refractivity contribution >= 4 is 168 Å². The lowest BCUT2D eigenvalue weighted by atomic mass is 9.58. The van der Waals surface area contributed by atoms with Gasteiger partial charge in [-0.25, -0.2) is 15.0 Å². The second-order valence-corrected chi connectivity index (χ2v) is 14.4. The summed E-state index contributed by atoms with van der Waals surface area (Å²) in [5, 5.41) is 0.529. The van der Waals surface area contributed by atoms with E-state index in [9.17, 15) is 0 Å². The van der Waals surface area contributed by atoms with Crippen molar-refractivity contribution in [1.82, 2.24) is 15.0 Å². The summed E-state index contributed by atoms with van der Waals surface area (Å²) in [5.74, 6) is 0.828. The SMILES string of the molecule is [B]c1c([B])c([B])c(-c2c([B])c([B])c([B])c3c2oc2c(-c4nc(-c5ccc(-c6ccccc6)cc5)nc(-c5ccc(-c6ccccc6)cc5)n4)c([B])c([B])c([B])c23)c([B])c1[B]. The lowest BCUT2D eigenvalue weighted by Gasteiger charge is -2.24. The third-order valence-corrected chi connectivity index (χ3v) is 10.9. The van der Waals surface area contributed by atoms with Crippen molar-refractivity contribution in [2.24, 2.45) is 0 Å². The van der Waals surface area contributed by atoms with E-state index in [1.54, 1.807) is 0 Å². The van der Waals surface area contributed by atoms with Crippen LogP contribution in [0.2, 0.25) is 0 Å². The monoisotopic (exact) mass is 737 g/mol. The first-order valence-corrected chi connectivity index (χ1v) is 18.6. The maximum absolute atomic E-state index is 6.87. The van der Waals surface area contributed by atoms with Gasteiger partial charge in [-0.15, -0.1) is 27.3 Å². The van der Waals surface area contributed by atoms with E-state index in [2.05, 4.69) is 0 Å². The van der Waals surface area contributed by atoms with E-state index >= 15 is 0 Å². The molecule has 7 aromatic carbocycles. The Morgan fingerprint density at radius 3 is 1.00 bits per heavy atom. The van der Waals surface area contributed by atoms with E-state index in [0.717, 1.165) is 22.3 Å². The van der Waals surface area contributed by atoms with Gasteiger partial charge in [0.2, 0.25) is 0 Å². The van der Waals surface area contributed by atoms with Gasteiger partial charge in [0, 0.05) is 27.5 Å². The van der Waals surface area contributed by atoms with Crippen LogP contribution in [0, 0.1) is 0 Å².